The van der Waals surface area contributed by atoms with Gasteiger partial charge >= 0.3 is 0 Å². The summed E-state index contributed by atoms with van der Waals surface area (Å²) in [5.74, 6) is 0.611. The lowest BCUT2D eigenvalue weighted by atomic mass is 10.0. The number of carbonyl (C=O) groups excluding carboxylic acids is 2. The van der Waals surface area contributed by atoms with Crippen molar-refractivity contribution < 1.29 is 14.0 Å². The smallest absolute Gasteiger partial charge is 0.289 e. The van der Waals surface area contributed by atoms with Gasteiger partial charge in [0.05, 0.1) is 17.5 Å². The van der Waals surface area contributed by atoms with Crippen LogP contribution in [0.1, 0.15) is 45.3 Å². The molecule has 2 aromatic heterocycles. The Morgan fingerprint density at radius 2 is 2.21 bits per heavy atom. The minimum atomic E-state index is -0.204. The molecule has 1 atom stereocenters. The van der Waals surface area contributed by atoms with Gasteiger partial charge in [-0.1, -0.05) is 0 Å². The first-order valence-corrected chi connectivity index (χ1v) is 7.98. The third-order valence-corrected chi connectivity index (χ3v) is 4.12. The molecule has 0 radical (unpaired) electrons. The van der Waals surface area contributed by atoms with E-state index >= 15 is 0 Å². The first-order chi connectivity index (χ1) is 11.5. The summed E-state index contributed by atoms with van der Waals surface area (Å²) in [6.45, 7) is 4.71. The van der Waals surface area contributed by atoms with Gasteiger partial charge in [0.2, 0.25) is 0 Å². The number of nitrogens with zero attached hydrogens (tertiary/aromatic N) is 3. The van der Waals surface area contributed by atoms with Crippen LogP contribution in [-0.2, 0) is 0 Å². The first kappa shape index (κ1) is 16.2. The van der Waals surface area contributed by atoms with E-state index in [2.05, 4.69) is 15.3 Å². The molecule has 7 nitrogen and oxygen atoms in total. The molecule has 1 saturated heterocycles. The van der Waals surface area contributed by atoms with E-state index in [1.165, 1.54) is 6.26 Å². The Morgan fingerprint density at radius 1 is 1.38 bits per heavy atom. The van der Waals surface area contributed by atoms with Crippen LogP contribution in [0.3, 0.4) is 0 Å². The van der Waals surface area contributed by atoms with Gasteiger partial charge in [-0.25, -0.2) is 9.97 Å². The highest BCUT2D eigenvalue weighted by molar-refractivity contribution is 5.95. The van der Waals surface area contributed by atoms with Gasteiger partial charge in [0.15, 0.2) is 5.76 Å². The number of rotatable bonds is 3. The lowest BCUT2D eigenvalue weighted by molar-refractivity contribution is 0.0646. The van der Waals surface area contributed by atoms with Crippen molar-refractivity contribution in [3.63, 3.8) is 0 Å². The number of hydrogen-bond donors (Lipinski definition) is 1. The third-order valence-electron chi connectivity index (χ3n) is 4.12. The highest BCUT2D eigenvalue weighted by Gasteiger charge is 2.27. The van der Waals surface area contributed by atoms with Gasteiger partial charge in [-0.15, -0.1) is 0 Å². The monoisotopic (exact) mass is 328 g/mol. The van der Waals surface area contributed by atoms with Crippen LogP contribution < -0.4 is 5.32 Å². The maximum absolute atomic E-state index is 12.4. The second-order valence-corrected chi connectivity index (χ2v) is 5.96. The zero-order valence-corrected chi connectivity index (χ0v) is 13.8. The van der Waals surface area contributed by atoms with Crippen molar-refractivity contribution in [2.24, 2.45) is 0 Å². The standard InChI is InChI=1S/C17H20N4O3/c1-11-14(9-18-12(2)19-11)16(22)20-13-5-3-7-21(10-13)17(23)15-6-4-8-24-15/h4,6,8-9,13H,3,5,7,10H2,1-2H3,(H,20,22). The Balaban J connectivity index is 1.65. The summed E-state index contributed by atoms with van der Waals surface area (Å²) in [6.07, 6.45) is 4.69. The lowest BCUT2D eigenvalue weighted by Crippen LogP contribution is -2.49. The number of aromatic nitrogens is 2. The summed E-state index contributed by atoms with van der Waals surface area (Å²) >= 11 is 0. The minimum Gasteiger partial charge on any atom is -0.459 e. The van der Waals surface area contributed by atoms with Crippen molar-refractivity contribution in [3.8, 4) is 0 Å². The molecule has 24 heavy (non-hydrogen) atoms. The van der Waals surface area contributed by atoms with E-state index in [1.54, 1.807) is 37.1 Å². The number of likely N-dealkylation sites (tertiary alicyclic amines) is 1. The summed E-state index contributed by atoms with van der Waals surface area (Å²) in [5, 5.41) is 2.98. The van der Waals surface area contributed by atoms with Crippen LogP contribution in [0.4, 0.5) is 0 Å². The molecule has 1 N–H and O–H groups in total. The Labute approximate surface area is 140 Å². The highest BCUT2D eigenvalue weighted by atomic mass is 16.3. The SMILES string of the molecule is Cc1ncc(C(=O)NC2CCCN(C(=O)c3ccco3)C2)c(C)n1. The van der Waals surface area contributed by atoms with Crippen LogP contribution in [0.25, 0.3) is 0 Å². The number of hydrogen-bond acceptors (Lipinski definition) is 5. The number of carbonyl (C=O) groups is 2. The summed E-state index contributed by atoms with van der Waals surface area (Å²) in [5.41, 5.74) is 1.12. The average molecular weight is 328 g/mol. The summed E-state index contributed by atoms with van der Waals surface area (Å²) < 4.78 is 5.17. The Kier molecular flexibility index (Phi) is 4.59. The van der Waals surface area contributed by atoms with Crippen molar-refractivity contribution >= 4 is 11.8 Å². The molecule has 2 amide bonds. The van der Waals surface area contributed by atoms with Crippen molar-refractivity contribution in [1.82, 2.24) is 20.2 Å². The fourth-order valence-electron chi connectivity index (χ4n) is 2.90. The predicted molar refractivity (Wildman–Crippen MR) is 86.6 cm³/mol. The van der Waals surface area contributed by atoms with Crippen LogP contribution in [0, 0.1) is 13.8 Å². The molecule has 3 heterocycles. The molecule has 0 aliphatic carbocycles. The second kappa shape index (κ2) is 6.82. The van der Waals surface area contributed by atoms with Gasteiger partial charge in [0, 0.05) is 25.3 Å². The van der Waals surface area contributed by atoms with Crippen molar-refractivity contribution in [2.45, 2.75) is 32.7 Å². The van der Waals surface area contributed by atoms with Crippen LogP contribution >= 0.6 is 0 Å². The Morgan fingerprint density at radius 3 is 2.92 bits per heavy atom. The van der Waals surface area contributed by atoms with Crippen LogP contribution in [0.5, 0.6) is 0 Å². The molecular weight excluding hydrogens is 308 g/mol. The molecule has 2 aromatic rings. The topological polar surface area (TPSA) is 88.3 Å². The largest absolute Gasteiger partial charge is 0.459 e. The zero-order valence-electron chi connectivity index (χ0n) is 13.8. The summed E-state index contributed by atoms with van der Waals surface area (Å²) in [6, 6.07) is 3.25. The number of furan rings is 1. The molecule has 0 bridgehead atoms. The number of nitrogens with one attached hydrogen (secondary N) is 1. The van der Waals surface area contributed by atoms with Gasteiger partial charge < -0.3 is 14.6 Å². The predicted octanol–water partition coefficient (Wildman–Crippen LogP) is 1.72. The molecule has 7 heteroatoms. The van der Waals surface area contributed by atoms with Crippen molar-refractivity contribution in [1.29, 1.82) is 0 Å². The molecule has 1 unspecified atom stereocenters. The highest BCUT2D eigenvalue weighted by Crippen LogP contribution is 2.15. The van der Waals surface area contributed by atoms with E-state index in [-0.39, 0.29) is 17.9 Å². The number of piperidine rings is 1. The second-order valence-electron chi connectivity index (χ2n) is 5.96. The fraction of sp³-hybridized carbons (Fsp3) is 0.412. The fourth-order valence-corrected chi connectivity index (χ4v) is 2.90. The number of amides is 2. The molecule has 3 rings (SSSR count). The maximum atomic E-state index is 12.4. The average Bonchev–Trinajstić information content (AvgIpc) is 3.08. The van der Waals surface area contributed by atoms with Crippen molar-refractivity contribution in [2.75, 3.05) is 13.1 Å². The molecule has 1 aliphatic heterocycles. The first-order valence-electron chi connectivity index (χ1n) is 7.98. The van der Waals surface area contributed by atoms with E-state index in [0.29, 0.717) is 35.9 Å². The Hall–Kier alpha value is -2.70. The van der Waals surface area contributed by atoms with Crippen molar-refractivity contribution in [3.05, 3.63) is 47.4 Å². The zero-order chi connectivity index (χ0) is 17.1. The normalized spacial score (nSPS) is 17.6. The molecule has 1 aliphatic rings. The van der Waals surface area contributed by atoms with E-state index in [9.17, 15) is 9.59 Å². The van der Waals surface area contributed by atoms with Gasteiger partial charge in [0.25, 0.3) is 11.8 Å². The quantitative estimate of drug-likeness (QED) is 0.927. The number of aryl methyl sites for hydroxylation is 2. The van der Waals surface area contributed by atoms with Crippen LogP contribution in [0.2, 0.25) is 0 Å². The van der Waals surface area contributed by atoms with Gasteiger partial charge in [-0.05, 0) is 38.8 Å². The summed E-state index contributed by atoms with van der Waals surface area (Å²) in [7, 11) is 0. The van der Waals surface area contributed by atoms with E-state index in [1.807, 2.05) is 0 Å². The lowest BCUT2D eigenvalue weighted by Gasteiger charge is -2.32. The van der Waals surface area contributed by atoms with Gasteiger partial charge in [-0.3, -0.25) is 9.59 Å². The molecule has 1 fully saturated rings. The molecular formula is C17H20N4O3. The van der Waals surface area contributed by atoms with Gasteiger partial charge in [0.1, 0.15) is 5.82 Å². The van der Waals surface area contributed by atoms with Crippen LogP contribution in [0.15, 0.2) is 29.0 Å². The molecule has 0 saturated carbocycles. The third kappa shape index (κ3) is 3.45. The summed E-state index contributed by atoms with van der Waals surface area (Å²) in [4.78, 5) is 34.8. The maximum Gasteiger partial charge on any atom is 0.289 e. The van der Waals surface area contributed by atoms with Gasteiger partial charge in [-0.2, -0.15) is 0 Å². The molecule has 0 spiro atoms. The Bertz CT molecular complexity index is 742. The van der Waals surface area contributed by atoms with E-state index in [0.717, 1.165) is 12.8 Å². The minimum absolute atomic E-state index is 0.0918. The molecule has 126 valence electrons. The van der Waals surface area contributed by atoms with E-state index in [4.69, 9.17) is 4.42 Å². The van der Waals surface area contributed by atoms with E-state index < -0.39 is 0 Å². The van der Waals surface area contributed by atoms with Crippen LogP contribution in [-0.4, -0.2) is 45.8 Å². The molecule has 0 aromatic carbocycles.